The number of carboxylic acid groups (broad SMARTS) is 2. The first kappa shape index (κ1) is 15.1. The molecule has 2 N–H and O–H groups in total. The summed E-state index contributed by atoms with van der Waals surface area (Å²) in [6.45, 7) is 0. The van der Waals surface area contributed by atoms with E-state index in [2.05, 4.69) is 0 Å². The Morgan fingerprint density at radius 1 is 0.800 bits per heavy atom. The zero-order chi connectivity index (χ0) is 17.6. The van der Waals surface area contributed by atoms with Gasteiger partial charge in [-0.25, -0.2) is 9.59 Å². The Hall–Kier alpha value is -3.40. The first-order valence-corrected chi connectivity index (χ1v) is 7.87. The molecule has 0 aliphatic heterocycles. The quantitative estimate of drug-likeness (QED) is 0.746. The van der Waals surface area contributed by atoms with Crippen molar-refractivity contribution in [2.24, 2.45) is 0 Å². The lowest BCUT2D eigenvalue weighted by Gasteiger charge is -2.23. The molecule has 1 aliphatic carbocycles. The van der Waals surface area contributed by atoms with Gasteiger partial charge in [-0.2, -0.15) is 0 Å². The zero-order valence-corrected chi connectivity index (χ0v) is 13.1. The SMILES string of the molecule is O=C(O)c1cccc(C2C=Cc3cccc4cccc2c34)c1C(=O)O. The second kappa shape index (κ2) is 5.60. The zero-order valence-electron chi connectivity index (χ0n) is 13.1. The van der Waals surface area contributed by atoms with Crippen LogP contribution in [0.4, 0.5) is 0 Å². The summed E-state index contributed by atoms with van der Waals surface area (Å²) in [5.41, 5.74) is 2.22. The number of rotatable bonds is 3. The van der Waals surface area contributed by atoms with Crippen molar-refractivity contribution in [3.05, 3.63) is 88.5 Å². The lowest BCUT2D eigenvalue weighted by atomic mass is 9.80. The molecule has 3 aromatic rings. The Labute approximate surface area is 143 Å². The average Bonchev–Trinajstić information content (AvgIpc) is 2.62. The van der Waals surface area contributed by atoms with Crippen LogP contribution in [0, 0.1) is 0 Å². The summed E-state index contributed by atoms with van der Waals surface area (Å²) in [5.74, 6) is -2.77. The number of aromatic carboxylic acids is 2. The standard InChI is InChI=1S/C21H14O4/c22-20(23)17-9-3-8-16(19(17)21(24)25)14-11-10-13-5-1-4-12-6-2-7-15(14)18(12)13/h1-11,14H,(H,22,23)(H,24,25). The second-order valence-corrected chi connectivity index (χ2v) is 6.01. The summed E-state index contributed by atoms with van der Waals surface area (Å²) in [6.07, 6.45) is 3.91. The maximum Gasteiger partial charge on any atom is 0.336 e. The lowest BCUT2D eigenvalue weighted by molar-refractivity contribution is 0.0650. The first-order chi connectivity index (χ1) is 12.1. The molecule has 122 valence electrons. The molecular formula is C21H14O4. The largest absolute Gasteiger partial charge is 0.478 e. The highest BCUT2D eigenvalue weighted by Gasteiger charge is 2.27. The van der Waals surface area contributed by atoms with Gasteiger partial charge >= 0.3 is 11.9 Å². The maximum absolute atomic E-state index is 11.8. The molecule has 0 aromatic heterocycles. The molecule has 1 aliphatic rings. The molecule has 1 unspecified atom stereocenters. The Balaban J connectivity index is 2.01. The number of carbonyl (C=O) groups is 2. The average molecular weight is 330 g/mol. The van der Waals surface area contributed by atoms with Gasteiger partial charge in [0.05, 0.1) is 11.1 Å². The number of benzene rings is 3. The fourth-order valence-corrected chi connectivity index (χ4v) is 3.62. The van der Waals surface area contributed by atoms with Crippen molar-refractivity contribution in [1.29, 1.82) is 0 Å². The molecule has 0 spiro atoms. The van der Waals surface area contributed by atoms with Gasteiger partial charge in [-0.3, -0.25) is 0 Å². The van der Waals surface area contributed by atoms with Gasteiger partial charge in [0.25, 0.3) is 0 Å². The third-order valence-corrected chi connectivity index (χ3v) is 4.65. The van der Waals surface area contributed by atoms with Crippen molar-refractivity contribution in [3.8, 4) is 0 Å². The molecule has 0 saturated carbocycles. The fraction of sp³-hybridized carbons (Fsp3) is 0.0476. The van der Waals surface area contributed by atoms with Gasteiger partial charge in [0.1, 0.15) is 0 Å². The molecule has 0 fully saturated rings. The van der Waals surface area contributed by atoms with E-state index in [1.54, 1.807) is 12.1 Å². The highest BCUT2D eigenvalue weighted by molar-refractivity contribution is 6.04. The highest BCUT2D eigenvalue weighted by atomic mass is 16.4. The van der Waals surface area contributed by atoms with Crippen LogP contribution < -0.4 is 0 Å². The third kappa shape index (κ3) is 2.31. The van der Waals surface area contributed by atoms with Crippen molar-refractivity contribution < 1.29 is 19.8 Å². The summed E-state index contributed by atoms with van der Waals surface area (Å²) in [7, 11) is 0. The van der Waals surface area contributed by atoms with E-state index >= 15 is 0 Å². The predicted octanol–water partition coefficient (Wildman–Crippen LogP) is 4.39. The molecule has 4 nitrogen and oxygen atoms in total. The Morgan fingerprint density at radius 3 is 2.20 bits per heavy atom. The van der Waals surface area contributed by atoms with Crippen LogP contribution in [-0.4, -0.2) is 22.2 Å². The molecule has 0 radical (unpaired) electrons. The van der Waals surface area contributed by atoms with Crippen molar-refractivity contribution in [3.63, 3.8) is 0 Å². The van der Waals surface area contributed by atoms with Crippen LogP contribution in [0.3, 0.4) is 0 Å². The van der Waals surface area contributed by atoms with Crippen LogP contribution in [0.15, 0.2) is 60.7 Å². The minimum Gasteiger partial charge on any atom is -0.478 e. The van der Waals surface area contributed by atoms with Crippen molar-refractivity contribution in [1.82, 2.24) is 0 Å². The molecule has 4 rings (SSSR count). The number of hydrogen-bond acceptors (Lipinski definition) is 2. The smallest absolute Gasteiger partial charge is 0.336 e. The lowest BCUT2D eigenvalue weighted by Crippen LogP contribution is -2.14. The molecule has 1 atom stereocenters. The molecule has 0 amide bonds. The number of allylic oxidation sites excluding steroid dienone is 1. The molecule has 3 aromatic carbocycles. The second-order valence-electron chi connectivity index (χ2n) is 6.01. The summed E-state index contributed by atoms with van der Waals surface area (Å²) < 4.78 is 0. The highest BCUT2D eigenvalue weighted by Crippen LogP contribution is 2.39. The predicted molar refractivity (Wildman–Crippen MR) is 95.2 cm³/mol. The van der Waals surface area contributed by atoms with Crippen molar-refractivity contribution >= 4 is 28.8 Å². The van der Waals surface area contributed by atoms with Crippen LogP contribution in [0.5, 0.6) is 0 Å². The normalized spacial score (nSPS) is 15.3. The van der Waals surface area contributed by atoms with E-state index in [9.17, 15) is 19.8 Å². The van der Waals surface area contributed by atoms with Gasteiger partial charge < -0.3 is 10.2 Å². The van der Waals surface area contributed by atoms with E-state index in [1.807, 2.05) is 48.6 Å². The van der Waals surface area contributed by atoms with Crippen molar-refractivity contribution in [2.45, 2.75) is 5.92 Å². The topological polar surface area (TPSA) is 74.6 Å². The van der Waals surface area contributed by atoms with Gasteiger partial charge in [-0.05, 0) is 33.5 Å². The number of hydrogen-bond donors (Lipinski definition) is 2. The molecular weight excluding hydrogens is 316 g/mol. The summed E-state index contributed by atoms with van der Waals surface area (Å²) >= 11 is 0. The summed E-state index contributed by atoms with van der Waals surface area (Å²) in [4.78, 5) is 23.3. The Kier molecular flexibility index (Phi) is 3.39. The summed E-state index contributed by atoms with van der Waals surface area (Å²) in [6, 6.07) is 16.6. The molecule has 0 heterocycles. The van der Waals surface area contributed by atoms with E-state index in [0.29, 0.717) is 5.56 Å². The maximum atomic E-state index is 11.8. The first-order valence-electron chi connectivity index (χ1n) is 7.87. The van der Waals surface area contributed by atoms with E-state index in [-0.39, 0.29) is 17.0 Å². The molecule has 25 heavy (non-hydrogen) atoms. The van der Waals surface area contributed by atoms with Crippen molar-refractivity contribution in [2.75, 3.05) is 0 Å². The van der Waals surface area contributed by atoms with E-state index < -0.39 is 11.9 Å². The summed E-state index contributed by atoms with van der Waals surface area (Å²) in [5, 5.41) is 21.2. The van der Waals surface area contributed by atoms with E-state index in [4.69, 9.17) is 0 Å². The van der Waals surface area contributed by atoms with Crippen LogP contribution in [0.25, 0.3) is 16.8 Å². The van der Waals surface area contributed by atoms with Gasteiger partial charge in [-0.1, -0.05) is 60.7 Å². The van der Waals surface area contributed by atoms with Crippen LogP contribution >= 0.6 is 0 Å². The van der Waals surface area contributed by atoms with Gasteiger partial charge in [0.2, 0.25) is 0 Å². The van der Waals surface area contributed by atoms with Gasteiger partial charge in [0, 0.05) is 5.92 Å². The third-order valence-electron chi connectivity index (χ3n) is 4.65. The van der Waals surface area contributed by atoms with E-state index in [0.717, 1.165) is 21.9 Å². The minimum absolute atomic E-state index is 0.152. The van der Waals surface area contributed by atoms with Gasteiger partial charge in [-0.15, -0.1) is 0 Å². The monoisotopic (exact) mass is 330 g/mol. The van der Waals surface area contributed by atoms with Crippen LogP contribution in [0.1, 0.15) is 43.3 Å². The van der Waals surface area contributed by atoms with E-state index in [1.165, 1.54) is 6.07 Å². The van der Waals surface area contributed by atoms with Crippen LogP contribution in [0.2, 0.25) is 0 Å². The van der Waals surface area contributed by atoms with Crippen LogP contribution in [-0.2, 0) is 0 Å². The fourth-order valence-electron chi connectivity index (χ4n) is 3.62. The van der Waals surface area contributed by atoms with Gasteiger partial charge in [0.15, 0.2) is 0 Å². The Bertz CT molecular complexity index is 1060. The number of carboxylic acids is 2. The molecule has 0 saturated heterocycles. The molecule has 4 heteroatoms. The Morgan fingerprint density at radius 2 is 1.48 bits per heavy atom. The molecule has 0 bridgehead atoms. The minimum atomic E-state index is -1.24.